The van der Waals surface area contributed by atoms with E-state index in [-0.39, 0.29) is 5.91 Å². The normalized spacial score (nSPS) is 9.94. The lowest BCUT2D eigenvalue weighted by Crippen LogP contribution is -2.15. The van der Waals surface area contributed by atoms with Crippen molar-refractivity contribution < 1.29 is 4.79 Å². The maximum Gasteiger partial charge on any atom is 0.229 e. The molecule has 0 aliphatic carbocycles. The van der Waals surface area contributed by atoms with Crippen LogP contribution in [0.4, 0.5) is 5.82 Å². The molecule has 1 aromatic heterocycles. The fourth-order valence-corrected chi connectivity index (χ4v) is 1.60. The molecule has 1 aromatic carbocycles. The predicted octanol–water partition coefficient (Wildman–Crippen LogP) is 2.42. The van der Waals surface area contributed by atoms with E-state index in [2.05, 4.69) is 31.2 Å². The van der Waals surface area contributed by atoms with Crippen molar-refractivity contribution in [1.29, 1.82) is 0 Å². The summed E-state index contributed by atoms with van der Waals surface area (Å²) < 4.78 is 0.996. The zero-order valence-corrected chi connectivity index (χ0v) is 10.5. The minimum absolute atomic E-state index is 0.104. The molecule has 0 saturated carbocycles. The molecule has 0 bridgehead atoms. The first-order chi connectivity index (χ1) is 8.24. The zero-order valence-electron chi connectivity index (χ0n) is 8.93. The number of carbonyl (C=O) groups is 1. The Bertz CT molecular complexity index is 499. The van der Waals surface area contributed by atoms with E-state index < -0.39 is 0 Å². The molecule has 2 aromatic rings. The van der Waals surface area contributed by atoms with Gasteiger partial charge in [-0.15, -0.1) is 0 Å². The molecule has 1 heterocycles. The van der Waals surface area contributed by atoms with Crippen LogP contribution in [0.1, 0.15) is 5.56 Å². The molecule has 86 valence electrons. The van der Waals surface area contributed by atoms with Gasteiger partial charge in [-0.3, -0.25) is 9.78 Å². The second-order valence-electron chi connectivity index (χ2n) is 3.44. The van der Waals surface area contributed by atoms with Gasteiger partial charge in [-0.2, -0.15) is 0 Å². The van der Waals surface area contributed by atoms with Gasteiger partial charge in [0.2, 0.25) is 5.91 Å². The monoisotopic (exact) mass is 291 g/mol. The maximum absolute atomic E-state index is 11.7. The van der Waals surface area contributed by atoms with Crippen LogP contribution in [0.15, 0.2) is 47.3 Å². The fraction of sp³-hybridized carbons (Fsp3) is 0.0833. The zero-order chi connectivity index (χ0) is 12.1. The van der Waals surface area contributed by atoms with Crippen LogP contribution in [0.5, 0.6) is 0 Å². The number of anilines is 1. The Morgan fingerprint density at radius 3 is 2.65 bits per heavy atom. The Morgan fingerprint density at radius 2 is 2.00 bits per heavy atom. The largest absolute Gasteiger partial charge is 0.309 e. The number of amides is 1. The summed E-state index contributed by atoms with van der Waals surface area (Å²) in [6.07, 6.45) is 4.93. The third-order valence-corrected chi connectivity index (χ3v) is 2.64. The van der Waals surface area contributed by atoms with E-state index in [9.17, 15) is 4.79 Å². The minimum Gasteiger partial charge on any atom is -0.309 e. The van der Waals surface area contributed by atoms with E-state index in [1.165, 1.54) is 12.4 Å². The third-order valence-electron chi connectivity index (χ3n) is 2.11. The molecule has 0 atom stereocenters. The average Bonchev–Trinajstić information content (AvgIpc) is 2.33. The van der Waals surface area contributed by atoms with Gasteiger partial charge >= 0.3 is 0 Å². The lowest BCUT2D eigenvalue weighted by molar-refractivity contribution is -0.115. The molecule has 0 saturated heterocycles. The smallest absolute Gasteiger partial charge is 0.229 e. The molecular formula is C12H10BrN3O. The van der Waals surface area contributed by atoms with Gasteiger partial charge in [0.05, 0.1) is 12.6 Å². The first kappa shape index (κ1) is 11.7. The second-order valence-corrected chi connectivity index (χ2v) is 4.36. The third kappa shape index (κ3) is 3.64. The number of hydrogen-bond acceptors (Lipinski definition) is 3. The number of halogens is 1. The Morgan fingerprint density at radius 1 is 1.24 bits per heavy atom. The first-order valence-electron chi connectivity index (χ1n) is 5.04. The van der Waals surface area contributed by atoms with Crippen LogP contribution in [-0.2, 0) is 11.2 Å². The lowest BCUT2D eigenvalue weighted by Gasteiger charge is -2.03. The van der Waals surface area contributed by atoms with Crippen molar-refractivity contribution in [2.24, 2.45) is 0 Å². The quantitative estimate of drug-likeness (QED) is 0.945. The Labute approximate surface area is 107 Å². The molecule has 1 N–H and O–H groups in total. The van der Waals surface area contributed by atoms with Crippen LogP contribution < -0.4 is 5.32 Å². The van der Waals surface area contributed by atoms with Gasteiger partial charge in [-0.25, -0.2) is 4.98 Å². The van der Waals surface area contributed by atoms with Crippen molar-refractivity contribution in [2.45, 2.75) is 6.42 Å². The number of rotatable bonds is 3. The molecule has 0 spiro atoms. The molecule has 0 radical (unpaired) electrons. The standard InChI is InChI=1S/C12H10BrN3O/c13-10-3-1-9(2-4-10)7-12(17)16-11-8-14-5-6-15-11/h1-6,8H,7H2,(H,15,16,17). The van der Waals surface area contributed by atoms with E-state index >= 15 is 0 Å². The highest BCUT2D eigenvalue weighted by Gasteiger charge is 2.04. The van der Waals surface area contributed by atoms with Crippen LogP contribution in [-0.4, -0.2) is 15.9 Å². The van der Waals surface area contributed by atoms with Gasteiger partial charge in [0.25, 0.3) is 0 Å². The first-order valence-corrected chi connectivity index (χ1v) is 5.83. The molecular weight excluding hydrogens is 282 g/mol. The molecule has 4 nitrogen and oxygen atoms in total. The molecule has 2 rings (SSSR count). The minimum atomic E-state index is -0.104. The summed E-state index contributed by atoms with van der Waals surface area (Å²) in [6.45, 7) is 0. The number of nitrogens with zero attached hydrogens (tertiary/aromatic N) is 2. The van der Waals surface area contributed by atoms with E-state index in [1.54, 1.807) is 6.20 Å². The number of carbonyl (C=O) groups excluding carboxylic acids is 1. The second kappa shape index (κ2) is 5.54. The van der Waals surface area contributed by atoms with E-state index in [1.807, 2.05) is 24.3 Å². The summed E-state index contributed by atoms with van der Waals surface area (Å²) in [6, 6.07) is 7.62. The Balaban J connectivity index is 1.96. The van der Waals surface area contributed by atoms with Crippen molar-refractivity contribution in [2.75, 3.05) is 5.32 Å². The molecule has 0 aliphatic heterocycles. The molecule has 5 heteroatoms. The number of hydrogen-bond donors (Lipinski definition) is 1. The Hall–Kier alpha value is -1.75. The van der Waals surface area contributed by atoms with Gasteiger partial charge in [0.1, 0.15) is 0 Å². The van der Waals surface area contributed by atoms with Crippen molar-refractivity contribution in [3.8, 4) is 0 Å². The average molecular weight is 292 g/mol. The summed E-state index contributed by atoms with van der Waals surface area (Å²) in [5, 5.41) is 2.68. The highest BCUT2D eigenvalue weighted by molar-refractivity contribution is 9.10. The summed E-state index contributed by atoms with van der Waals surface area (Å²) in [5.41, 5.74) is 0.953. The lowest BCUT2D eigenvalue weighted by atomic mass is 10.1. The van der Waals surface area contributed by atoms with E-state index in [0.717, 1.165) is 10.0 Å². The molecule has 0 fully saturated rings. The molecule has 17 heavy (non-hydrogen) atoms. The van der Waals surface area contributed by atoms with Crippen LogP contribution in [0.25, 0.3) is 0 Å². The van der Waals surface area contributed by atoms with Gasteiger partial charge in [0.15, 0.2) is 5.82 Å². The Kier molecular flexibility index (Phi) is 3.82. The fourth-order valence-electron chi connectivity index (χ4n) is 1.34. The topological polar surface area (TPSA) is 54.9 Å². The van der Waals surface area contributed by atoms with E-state index in [4.69, 9.17) is 0 Å². The van der Waals surface area contributed by atoms with E-state index in [0.29, 0.717) is 12.2 Å². The van der Waals surface area contributed by atoms with Crippen molar-refractivity contribution >= 4 is 27.7 Å². The van der Waals surface area contributed by atoms with Gasteiger partial charge in [0, 0.05) is 16.9 Å². The highest BCUT2D eigenvalue weighted by atomic mass is 79.9. The van der Waals surface area contributed by atoms with Gasteiger partial charge < -0.3 is 5.32 Å². The van der Waals surface area contributed by atoms with Gasteiger partial charge in [-0.1, -0.05) is 28.1 Å². The molecule has 0 unspecified atom stereocenters. The highest BCUT2D eigenvalue weighted by Crippen LogP contribution is 2.11. The van der Waals surface area contributed by atoms with Crippen LogP contribution >= 0.6 is 15.9 Å². The molecule has 1 amide bonds. The van der Waals surface area contributed by atoms with Gasteiger partial charge in [-0.05, 0) is 17.7 Å². The summed E-state index contributed by atoms with van der Waals surface area (Å²) in [4.78, 5) is 19.5. The summed E-state index contributed by atoms with van der Waals surface area (Å²) >= 11 is 3.35. The van der Waals surface area contributed by atoms with Crippen molar-refractivity contribution in [3.05, 3.63) is 52.9 Å². The maximum atomic E-state index is 11.7. The summed E-state index contributed by atoms with van der Waals surface area (Å²) in [5.74, 6) is 0.363. The number of aromatic nitrogens is 2. The summed E-state index contributed by atoms with van der Waals surface area (Å²) in [7, 11) is 0. The number of benzene rings is 1. The number of nitrogens with one attached hydrogen (secondary N) is 1. The SMILES string of the molecule is O=C(Cc1ccc(Br)cc1)Nc1cnccn1. The van der Waals surface area contributed by atoms with Crippen LogP contribution in [0.3, 0.4) is 0 Å². The van der Waals surface area contributed by atoms with Crippen LogP contribution in [0.2, 0.25) is 0 Å². The predicted molar refractivity (Wildman–Crippen MR) is 68.5 cm³/mol. The van der Waals surface area contributed by atoms with Crippen LogP contribution in [0, 0.1) is 0 Å². The molecule has 0 aliphatic rings. The van der Waals surface area contributed by atoms with Crippen molar-refractivity contribution in [1.82, 2.24) is 9.97 Å². The van der Waals surface area contributed by atoms with Crippen molar-refractivity contribution in [3.63, 3.8) is 0 Å².